The van der Waals surface area contributed by atoms with Crippen LogP contribution < -0.4 is 5.73 Å². The van der Waals surface area contributed by atoms with Crippen LogP contribution in [0.3, 0.4) is 0 Å². The van der Waals surface area contributed by atoms with Gasteiger partial charge in [0, 0.05) is 19.0 Å². The molecule has 1 heterocycles. The minimum Gasteiger partial charge on any atom is -0.390 e. The first-order valence-electron chi connectivity index (χ1n) is 4.18. The van der Waals surface area contributed by atoms with E-state index in [1.165, 1.54) is 0 Å². The zero-order valence-electron chi connectivity index (χ0n) is 7.99. The van der Waals surface area contributed by atoms with Crippen molar-refractivity contribution in [1.29, 1.82) is 0 Å². The third kappa shape index (κ3) is 3.04. The maximum Gasteiger partial charge on any atom is 0.314 e. The molecule has 5 heteroatoms. The van der Waals surface area contributed by atoms with Crippen molar-refractivity contribution < 1.29 is 9.90 Å². The molecule has 4 nitrogen and oxygen atoms in total. The lowest BCUT2D eigenvalue weighted by atomic mass is 9.91. The number of hydrogen-bond donors (Lipinski definition) is 2. The van der Waals surface area contributed by atoms with E-state index in [0.717, 1.165) is 6.42 Å². The van der Waals surface area contributed by atoms with E-state index in [-0.39, 0.29) is 24.4 Å². The molecule has 0 saturated carbocycles. The third-order valence-corrected chi connectivity index (χ3v) is 2.50. The van der Waals surface area contributed by atoms with Crippen molar-refractivity contribution in [3.63, 3.8) is 0 Å². The molecule has 1 saturated heterocycles. The predicted molar refractivity (Wildman–Crippen MR) is 52.8 cm³/mol. The van der Waals surface area contributed by atoms with Crippen molar-refractivity contribution in [1.82, 2.24) is 4.90 Å². The van der Waals surface area contributed by atoms with Crippen LogP contribution in [0, 0.1) is 5.92 Å². The Morgan fingerprint density at radius 2 is 2.15 bits per heavy atom. The van der Waals surface area contributed by atoms with Gasteiger partial charge >= 0.3 is 6.03 Å². The number of carbonyl (C=O) groups is 1. The number of aliphatic hydroxyl groups is 1. The maximum absolute atomic E-state index is 10.7. The van der Waals surface area contributed by atoms with Crippen LogP contribution in [0.15, 0.2) is 0 Å². The van der Waals surface area contributed by atoms with Gasteiger partial charge in [0.05, 0.1) is 5.60 Å². The van der Waals surface area contributed by atoms with Crippen LogP contribution in [-0.2, 0) is 0 Å². The van der Waals surface area contributed by atoms with Crippen molar-refractivity contribution in [3.05, 3.63) is 0 Å². The van der Waals surface area contributed by atoms with Crippen LogP contribution in [-0.4, -0.2) is 34.7 Å². The first-order valence-corrected chi connectivity index (χ1v) is 4.18. The van der Waals surface area contributed by atoms with Crippen LogP contribution in [0.1, 0.15) is 20.3 Å². The van der Waals surface area contributed by atoms with Crippen molar-refractivity contribution in [2.45, 2.75) is 25.9 Å². The molecule has 1 unspecified atom stereocenters. The minimum atomic E-state index is -0.704. The van der Waals surface area contributed by atoms with E-state index in [1.54, 1.807) is 18.7 Å². The Bertz CT molecular complexity index is 191. The van der Waals surface area contributed by atoms with Gasteiger partial charge in [-0.2, -0.15) is 0 Å². The lowest BCUT2D eigenvalue weighted by Crippen LogP contribution is -2.37. The summed E-state index contributed by atoms with van der Waals surface area (Å²) in [4.78, 5) is 12.3. The van der Waals surface area contributed by atoms with Gasteiger partial charge in [-0.1, -0.05) is 0 Å². The number of nitrogens with zero attached hydrogens (tertiary/aromatic N) is 1. The summed E-state index contributed by atoms with van der Waals surface area (Å²) in [5, 5.41) is 9.64. The topological polar surface area (TPSA) is 66.6 Å². The van der Waals surface area contributed by atoms with E-state index in [2.05, 4.69) is 0 Å². The lowest BCUT2D eigenvalue weighted by molar-refractivity contribution is 0.0226. The molecule has 0 aromatic heterocycles. The summed E-state index contributed by atoms with van der Waals surface area (Å²) in [5.41, 5.74) is 4.40. The number of likely N-dealkylation sites (tertiary alicyclic amines) is 1. The van der Waals surface area contributed by atoms with E-state index in [9.17, 15) is 9.90 Å². The molecule has 0 bridgehead atoms. The average molecular weight is 209 g/mol. The van der Waals surface area contributed by atoms with E-state index in [4.69, 9.17) is 5.73 Å². The van der Waals surface area contributed by atoms with Crippen LogP contribution in [0.25, 0.3) is 0 Å². The summed E-state index contributed by atoms with van der Waals surface area (Å²) in [6.45, 7) is 4.78. The molecule has 0 radical (unpaired) electrons. The fourth-order valence-electron chi connectivity index (χ4n) is 1.54. The number of urea groups is 1. The molecule has 1 aliphatic rings. The number of hydrogen-bond acceptors (Lipinski definition) is 2. The molecular formula is C8H17ClN2O2. The number of amides is 2. The quantitative estimate of drug-likeness (QED) is 0.662. The SMILES string of the molecule is CC(C)(O)C1CCN(C(N)=O)C1.Cl. The Morgan fingerprint density at radius 1 is 1.62 bits per heavy atom. The number of nitrogens with two attached hydrogens (primary N) is 1. The van der Waals surface area contributed by atoms with Crippen molar-refractivity contribution >= 4 is 18.4 Å². The highest BCUT2D eigenvalue weighted by Crippen LogP contribution is 2.26. The van der Waals surface area contributed by atoms with Gasteiger partial charge in [-0.05, 0) is 20.3 Å². The van der Waals surface area contributed by atoms with E-state index >= 15 is 0 Å². The third-order valence-electron chi connectivity index (χ3n) is 2.50. The molecular weight excluding hydrogens is 192 g/mol. The largest absolute Gasteiger partial charge is 0.390 e. The highest BCUT2D eigenvalue weighted by molar-refractivity contribution is 5.85. The number of primary amides is 1. The van der Waals surface area contributed by atoms with Gasteiger partial charge in [0.1, 0.15) is 0 Å². The maximum atomic E-state index is 10.7. The normalized spacial score (nSPS) is 22.7. The molecule has 78 valence electrons. The van der Waals surface area contributed by atoms with Crippen molar-refractivity contribution in [3.8, 4) is 0 Å². The molecule has 3 N–H and O–H groups in total. The molecule has 13 heavy (non-hydrogen) atoms. The number of halogens is 1. The molecule has 1 fully saturated rings. The second-order valence-corrected chi connectivity index (χ2v) is 3.92. The summed E-state index contributed by atoms with van der Waals surface area (Å²) in [6, 6.07) is -0.387. The van der Waals surface area contributed by atoms with E-state index < -0.39 is 5.60 Å². The van der Waals surface area contributed by atoms with Gasteiger partial charge in [0.2, 0.25) is 0 Å². The van der Waals surface area contributed by atoms with Gasteiger partial charge in [0.25, 0.3) is 0 Å². The van der Waals surface area contributed by atoms with Crippen LogP contribution >= 0.6 is 12.4 Å². The fraction of sp³-hybridized carbons (Fsp3) is 0.875. The van der Waals surface area contributed by atoms with E-state index in [1.807, 2.05) is 0 Å². The van der Waals surface area contributed by atoms with Crippen LogP contribution in [0.4, 0.5) is 4.79 Å². The Balaban J connectivity index is 0.00000144. The Hall–Kier alpha value is -0.480. The zero-order valence-corrected chi connectivity index (χ0v) is 8.80. The molecule has 0 aromatic rings. The minimum absolute atomic E-state index is 0. The van der Waals surface area contributed by atoms with Gasteiger partial charge in [0.15, 0.2) is 0 Å². The Morgan fingerprint density at radius 3 is 2.38 bits per heavy atom. The molecule has 1 atom stereocenters. The molecule has 0 spiro atoms. The second-order valence-electron chi connectivity index (χ2n) is 3.92. The molecule has 1 rings (SSSR count). The molecule has 0 aliphatic carbocycles. The van der Waals surface area contributed by atoms with E-state index in [0.29, 0.717) is 13.1 Å². The fourth-order valence-corrected chi connectivity index (χ4v) is 1.54. The highest BCUT2D eigenvalue weighted by atomic mass is 35.5. The highest BCUT2D eigenvalue weighted by Gasteiger charge is 2.34. The predicted octanol–water partition coefficient (Wildman–Crippen LogP) is 0.580. The van der Waals surface area contributed by atoms with Gasteiger partial charge in [-0.15, -0.1) is 12.4 Å². The monoisotopic (exact) mass is 208 g/mol. The summed E-state index contributed by atoms with van der Waals surface area (Å²) in [7, 11) is 0. The molecule has 1 aliphatic heterocycles. The molecule has 2 amide bonds. The Labute approximate surface area is 84.5 Å². The lowest BCUT2D eigenvalue weighted by Gasteiger charge is -2.25. The van der Waals surface area contributed by atoms with Crippen LogP contribution in [0.2, 0.25) is 0 Å². The summed E-state index contributed by atoms with van der Waals surface area (Å²) >= 11 is 0. The van der Waals surface area contributed by atoms with Gasteiger partial charge < -0.3 is 15.7 Å². The Kier molecular flexibility index (Phi) is 4.00. The number of carbonyl (C=O) groups excluding carboxylic acids is 1. The second kappa shape index (κ2) is 4.15. The summed E-state index contributed by atoms with van der Waals surface area (Å²) < 4.78 is 0. The standard InChI is InChI=1S/C8H16N2O2.ClH/c1-8(2,12)6-3-4-10(5-6)7(9)11;/h6,12H,3-5H2,1-2H3,(H2,9,11);1H. The summed E-state index contributed by atoms with van der Waals surface area (Å²) in [5.74, 6) is 0.157. The number of rotatable bonds is 1. The van der Waals surface area contributed by atoms with Gasteiger partial charge in [-0.25, -0.2) is 4.79 Å². The van der Waals surface area contributed by atoms with Crippen LogP contribution in [0.5, 0.6) is 0 Å². The first kappa shape index (κ1) is 12.5. The zero-order chi connectivity index (χ0) is 9.35. The smallest absolute Gasteiger partial charge is 0.314 e. The van der Waals surface area contributed by atoms with Crippen molar-refractivity contribution in [2.75, 3.05) is 13.1 Å². The summed E-state index contributed by atoms with van der Waals surface area (Å²) in [6.07, 6.45) is 0.840. The average Bonchev–Trinajstić information content (AvgIpc) is 2.30. The van der Waals surface area contributed by atoms with Crippen molar-refractivity contribution in [2.24, 2.45) is 11.7 Å². The van der Waals surface area contributed by atoms with Gasteiger partial charge in [-0.3, -0.25) is 0 Å². The molecule has 0 aromatic carbocycles. The first-order chi connectivity index (χ1) is 5.41.